The Morgan fingerprint density at radius 2 is 2.31 bits per heavy atom. The zero-order chi connectivity index (χ0) is 9.26. The van der Waals surface area contributed by atoms with E-state index in [1.165, 1.54) is 12.3 Å². The second-order valence-corrected chi connectivity index (χ2v) is 3.46. The van der Waals surface area contributed by atoms with Crippen molar-refractivity contribution in [1.82, 2.24) is 4.98 Å². The van der Waals surface area contributed by atoms with Gasteiger partial charge in [0, 0.05) is 18.2 Å². The topological polar surface area (TPSA) is 30.0 Å². The molecule has 3 heteroatoms. The highest BCUT2D eigenvalue weighted by Gasteiger charge is 2.24. The molecule has 13 heavy (non-hydrogen) atoms. The van der Waals surface area contributed by atoms with Crippen molar-refractivity contribution in [3.63, 3.8) is 0 Å². The number of hydrogen-bond donors (Lipinski definition) is 0. The minimum absolute atomic E-state index is 0.00880. The van der Waals surface area contributed by atoms with Crippen molar-refractivity contribution in [3.8, 4) is 0 Å². The lowest BCUT2D eigenvalue weighted by Gasteiger charge is -1.98. The van der Waals surface area contributed by atoms with Crippen molar-refractivity contribution in [2.24, 2.45) is 5.92 Å². The molecule has 1 heterocycles. The van der Waals surface area contributed by atoms with Crippen molar-refractivity contribution in [2.45, 2.75) is 19.3 Å². The Balaban J connectivity index is 2.09. The number of aromatic nitrogens is 1. The van der Waals surface area contributed by atoms with Crippen LogP contribution in [0.3, 0.4) is 0 Å². The fourth-order valence-electron chi connectivity index (χ4n) is 1.27. The van der Waals surface area contributed by atoms with Crippen LogP contribution in [0.1, 0.15) is 29.6 Å². The van der Waals surface area contributed by atoms with Crippen LogP contribution in [0, 0.1) is 11.7 Å². The number of halogens is 1. The highest BCUT2D eigenvalue weighted by molar-refractivity contribution is 5.96. The Hall–Kier alpha value is -1.25. The van der Waals surface area contributed by atoms with Gasteiger partial charge in [-0.1, -0.05) is 0 Å². The standard InChI is InChI=1S/C10H10FNO/c11-9-4-8(5-12-6-9)10(13)3-7-1-2-7/h4-7H,1-3H2. The number of pyridine rings is 1. The lowest BCUT2D eigenvalue weighted by atomic mass is 10.1. The molecule has 0 aromatic carbocycles. The summed E-state index contributed by atoms with van der Waals surface area (Å²) in [6.45, 7) is 0. The number of rotatable bonds is 3. The number of Topliss-reactive ketones (excluding diaryl/α,β-unsaturated/α-hetero) is 1. The smallest absolute Gasteiger partial charge is 0.164 e. The number of nitrogens with zero attached hydrogens (tertiary/aromatic N) is 1. The summed E-state index contributed by atoms with van der Waals surface area (Å²) in [7, 11) is 0. The van der Waals surface area contributed by atoms with Gasteiger partial charge in [-0.25, -0.2) is 4.39 Å². The average molecular weight is 179 g/mol. The lowest BCUT2D eigenvalue weighted by Crippen LogP contribution is -2.01. The maximum absolute atomic E-state index is 12.7. The van der Waals surface area contributed by atoms with Gasteiger partial charge in [-0.2, -0.15) is 0 Å². The Morgan fingerprint density at radius 3 is 2.92 bits per heavy atom. The first-order valence-corrected chi connectivity index (χ1v) is 4.39. The van der Waals surface area contributed by atoms with Crippen molar-refractivity contribution >= 4 is 5.78 Å². The molecule has 0 saturated heterocycles. The van der Waals surface area contributed by atoms with Gasteiger partial charge in [0.05, 0.1) is 6.20 Å². The molecule has 1 aromatic heterocycles. The van der Waals surface area contributed by atoms with Crippen LogP contribution in [0.15, 0.2) is 18.5 Å². The van der Waals surface area contributed by atoms with Gasteiger partial charge in [0.2, 0.25) is 0 Å². The van der Waals surface area contributed by atoms with Crippen molar-refractivity contribution < 1.29 is 9.18 Å². The van der Waals surface area contributed by atoms with Gasteiger partial charge in [-0.15, -0.1) is 0 Å². The Bertz CT molecular complexity index is 333. The predicted molar refractivity (Wildman–Crippen MR) is 45.9 cm³/mol. The molecule has 1 saturated carbocycles. The first kappa shape index (κ1) is 8.35. The fraction of sp³-hybridized carbons (Fsp3) is 0.400. The number of ketones is 1. The number of carbonyl (C=O) groups excluding carboxylic acids is 1. The van der Waals surface area contributed by atoms with Gasteiger partial charge < -0.3 is 0 Å². The van der Waals surface area contributed by atoms with Crippen LogP contribution >= 0.6 is 0 Å². The molecular weight excluding hydrogens is 169 g/mol. The van der Waals surface area contributed by atoms with E-state index in [9.17, 15) is 9.18 Å². The third-order valence-corrected chi connectivity index (χ3v) is 2.20. The van der Waals surface area contributed by atoms with Gasteiger partial charge in [-0.05, 0) is 24.8 Å². The maximum atomic E-state index is 12.7. The SMILES string of the molecule is O=C(CC1CC1)c1cncc(F)c1. The van der Waals surface area contributed by atoms with Crippen LogP contribution in [-0.2, 0) is 0 Å². The van der Waals surface area contributed by atoms with Gasteiger partial charge in [-0.3, -0.25) is 9.78 Å². The molecule has 68 valence electrons. The summed E-state index contributed by atoms with van der Waals surface area (Å²) >= 11 is 0. The van der Waals surface area contributed by atoms with E-state index in [1.807, 2.05) is 0 Å². The molecule has 0 radical (unpaired) electrons. The molecule has 1 aromatic rings. The molecule has 1 fully saturated rings. The van der Waals surface area contributed by atoms with E-state index < -0.39 is 5.82 Å². The number of hydrogen-bond acceptors (Lipinski definition) is 2. The Morgan fingerprint density at radius 1 is 1.54 bits per heavy atom. The zero-order valence-corrected chi connectivity index (χ0v) is 7.16. The highest BCUT2D eigenvalue weighted by Crippen LogP contribution is 2.33. The van der Waals surface area contributed by atoms with Crippen LogP contribution in [0.25, 0.3) is 0 Å². The third kappa shape index (κ3) is 2.11. The van der Waals surface area contributed by atoms with Crippen molar-refractivity contribution in [1.29, 1.82) is 0 Å². The predicted octanol–water partition coefficient (Wildman–Crippen LogP) is 2.20. The van der Waals surface area contributed by atoms with Gasteiger partial charge in [0.25, 0.3) is 0 Å². The third-order valence-electron chi connectivity index (χ3n) is 2.20. The molecule has 1 aliphatic rings. The second-order valence-electron chi connectivity index (χ2n) is 3.46. The van der Waals surface area contributed by atoms with Crippen LogP contribution < -0.4 is 0 Å². The van der Waals surface area contributed by atoms with E-state index in [0.717, 1.165) is 19.0 Å². The normalized spacial score (nSPS) is 15.8. The molecule has 0 spiro atoms. The first-order chi connectivity index (χ1) is 6.25. The summed E-state index contributed by atoms with van der Waals surface area (Å²) in [5, 5.41) is 0. The van der Waals surface area contributed by atoms with E-state index in [4.69, 9.17) is 0 Å². The largest absolute Gasteiger partial charge is 0.294 e. The quantitative estimate of drug-likeness (QED) is 0.666. The molecule has 2 nitrogen and oxygen atoms in total. The average Bonchev–Trinajstić information content (AvgIpc) is 2.88. The molecular formula is C10H10FNO. The zero-order valence-electron chi connectivity index (χ0n) is 7.16. The van der Waals surface area contributed by atoms with E-state index in [-0.39, 0.29) is 5.78 Å². The molecule has 0 atom stereocenters. The van der Waals surface area contributed by atoms with Crippen LogP contribution in [0.4, 0.5) is 4.39 Å². The molecule has 0 unspecified atom stereocenters. The van der Waals surface area contributed by atoms with E-state index >= 15 is 0 Å². The van der Waals surface area contributed by atoms with Crippen LogP contribution in [-0.4, -0.2) is 10.8 Å². The fourth-order valence-corrected chi connectivity index (χ4v) is 1.27. The Kier molecular flexibility index (Phi) is 2.08. The van der Waals surface area contributed by atoms with Gasteiger partial charge >= 0.3 is 0 Å². The molecule has 2 rings (SSSR count). The van der Waals surface area contributed by atoms with Gasteiger partial charge in [0.15, 0.2) is 5.78 Å². The first-order valence-electron chi connectivity index (χ1n) is 4.39. The lowest BCUT2D eigenvalue weighted by molar-refractivity contribution is 0.0975. The molecule has 0 amide bonds. The van der Waals surface area contributed by atoms with E-state index in [2.05, 4.69) is 4.98 Å². The molecule has 1 aliphatic carbocycles. The molecule has 0 N–H and O–H groups in total. The number of carbonyl (C=O) groups is 1. The summed E-state index contributed by atoms with van der Waals surface area (Å²) in [5.41, 5.74) is 0.395. The maximum Gasteiger partial charge on any atom is 0.164 e. The van der Waals surface area contributed by atoms with E-state index in [0.29, 0.717) is 17.9 Å². The Labute approximate surface area is 75.8 Å². The van der Waals surface area contributed by atoms with Crippen LogP contribution in [0.2, 0.25) is 0 Å². The van der Waals surface area contributed by atoms with E-state index in [1.54, 1.807) is 0 Å². The second kappa shape index (κ2) is 3.24. The molecule has 0 aliphatic heterocycles. The minimum atomic E-state index is -0.443. The highest BCUT2D eigenvalue weighted by atomic mass is 19.1. The summed E-state index contributed by atoms with van der Waals surface area (Å²) in [6.07, 6.45) is 5.34. The van der Waals surface area contributed by atoms with Crippen molar-refractivity contribution in [3.05, 3.63) is 29.8 Å². The summed E-state index contributed by atoms with van der Waals surface area (Å²) < 4.78 is 12.7. The monoisotopic (exact) mass is 179 g/mol. The van der Waals surface area contributed by atoms with Gasteiger partial charge in [0.1, 0.15) is 5.82 Å². The minimum Gasteiger partial charge on any atom is -0.294 e. The van der Waals surface area contributed by atoms with Crippen LogP contribution in [0.5, 0.6) is 0 Å². The summed E-state index contributed by atoms with van der Waals surface area (Å²) in [6, 6.07) is 1.25. The summed E-state index contributed by atoms with van der Waals surface area (Å²) in [5.74, 6) is 0.104. The van der Waals surface area contributed by atoms with Crippen molar-refractivity contribution in [2.75, 3.05) is 0 Å². The summed E-state index contributed by atoms with van der Waals surface area (Å²) in [4.78, 5) is 15.1. The molecule has 0 bridgehead atoms.